The second kappa shape index (κ2) is 6.15. The molecule has 3 heteroatoms. The normalized spacial score (nSPS) is 24.6. The summed E-state index contributed by atoms with van der Waals surface area (Å²) in [6.07, 6.45) is 0.823. The molecule has 0 aromatic heterocycles. The van der Waals surface area contributed by atoms with Crippen LogP contribution in [0.25, 0.3) is 0 Å². The van der Waals surface area contributed by atoms with Crippen LogP contribution in [0.5, 0.6) is 0 Å². The zero-order valence-corrected chi connectivity index (χ0v) is 10.3. The zero-order valence-electron chi connectivity index (χ0n) is 10.3. The van der Waals surface area contributed by atoms with Gasteiger partial charge in [0.25, 0.3) is 0 Å². The third-order valence-electron chi connectivity index (χ3n) is 3.15. The Hall–Kier alpha value is -0.900. The molecule has 3 unspecified atom stereocenters. The fourth-order valence-electron chi connectivity index (χ4n) is 1.84. The van der Waals surface area contributed by atoms with E-state index < -0.39 is 6.10 Å². The molecule has 0 radical (unpaired) electrons. The van der Waals surface area contributed by atoms with Crippen molar-refractivity contribution in [2.24, 2.45) is 5.92 Å². The van der Waals surface area contributed by atoms with Gasteiger partial charge in [-0.05, 0) is 17.9 Å². The smallest absolute Gasteiger partial charge is 0.0897 e. The van der Waals surface area contributed by atoms with Crippen molar-refractivity contribution >= 4 is 0 Å². The van der Waals surface area contributed by atoms with Crippen LogP contribution in [0.4, 0.5) is 0 Å². The Bertz CT molecular complexity index is 328. The zero-order chi connectivity index (χ0) is 12.1. The molecular formula is C14H21NO2. The minimum atomic E-state index is -0.411. The monoisotopic (exact) mass is 235 g/mol. The Morgan fingerprint density at radius 2 is 2.12 bits per heavy atom. The fourth-order valence-corrected chi connectivity index (χ4v) is 1.84. The molecule has 0 saturated heterocycles. The SMILES string of the molecule is CC1CC1NCC(O)COCc1ccccc1. The van der Waals surface area contributed by atoms with Crippen molar-refractivity contribution < 1.29 is 9.84 Å². The average Bonchev–Trinajstić information content (AvgIpc) is 3.04. The number of hydrogen-bond donors (Lipinski definition) is 2. The van der Waals surface area contributed by atoms with E-state index in [4.69, 9.17) is 4.74 Å². The first-order valence-corrected chi connectivity index (χ1v) is 6.29. The Kier molecular flexibility index (Phi) is 4.54. The van der Waals surface area contributed by atoms with Crippen LogP contribution in [0.3, 0.4) is 0 Å². The number of aliphatic hydroxyl groups excluding tert-OH is 1. The van der Waals surface area contributed by atoms with E-state index in [0.29, 0.717) is 25.8 Å². The first kappa shape index (κ1) is 12.6. The van der Waals surface area contributed by atoms with Gasteiger partial charge in [-0.25, -0.2) is 0 Å². The lowest BCUT2D eigenvalue weighted by Crippen LogP contribution is -2.32. The highest BCUT2D eigenvalue weighted by atomic mass is 16.5. The van der Waals surface area contributed by atoms with Gasteiger partial charge in [0, 0.05) is 12.6 Å². The van der Waals surface area contributed by atoms with Gasteiger partial charge in [-0.1, -0.05) is 37.3 Å². The molecule has 1 aromatic carbocycles. The second-order valence-corrected chi connectivity index (χ2v) is 4.88. The maximum atomic E-state index is 9.70. The Morgan fingerprint density at radius 3 is 2.76 bits per heavy atom. The van der Waals surface area contributed by atoms with E-state index in [2.05, 4.69) is 12.2 Å². The molecule has 2 rings (SSSR count). The van der Waals surface area contributed by atoms with Crippen molar-refractivity contribution in [1.82, 2.24) is 5.32 Å². The van der Waals surface area contributed by atoms with Crippen LogP contribution in [0.2, 0.25) is 0 Å². The topological polar surface area (TPSA) is 41.5 Å². The Labute approximate surface area is 103 Å². The summed E-state index contributed by atoms with van der Waals surface area (Å²) in [5, 5.41) is 13.0. The van der Waals surface area contributed by atoms with Gasteiger partial charge in [-0.3, -0.25) is 0 Å². The lowest BCUT2D eigenvalue weighted by molar-refractivity contribution is 0.0286. The van der Waals surface area contributed by atoms with E-state index >= 15 is 0 Å². The summed E-state index contributed by atoms with van der Waals surface area (Å²) < 4.78 is 5.47. The van der Waals surface area contributed by atoms with E-state index in [-0.39, 0.29) is 0 Å². The highest BCUT2D eigenvalue weighted by molar-refractivity contribution is 5.13. The minimum Gasteiger partial charge on any atom is -0.389 e. The van der Waals surface area contributed by atoms with Crippen molar-refractivity contribution in [3.05, 3.63) is 35.9 Å². The first-order valence-electron chi connectivity index (χ1n) is 6.29. The molecule has 3 nitrogen and oxygen atoms in total. The van der Waals surface area contributed by atoms with Gasteiger partial charge in [0.15, 0.2) is 0 Å². The Balaban J connectivity index is 1.55. The van der Waals surface area contributed by atoms with Crippen LogP contribution >= 0.6 is 0 Å². The molecule has 1 aromatic rings. The minimum absolute atomic E-state index is 0.392. The van der Waals surface area contributed by atoms with Gasteiger partial charge in [0.05, 0.1) is 19.3 Å². The quantitative estimate of drug-likeness (QED) is 0.753. The Morgan fingerprint density at radius 1 is 1.41 bits per heavy atom. The molecule has 0 aliphatic heterocycles. The largest absolute Gasteiger partial charge is 0.389 e. The number of nitrogens with one attached hydrogen (secondary N) is 1. The van der Waals surface area contributed by atoms with Crippen LogP contribution in [0.15, 0.2) is 30.3 Å². The van der Waals surface area contributed by atoms with E-state index in [1.165, 1.54) is 6.42 Å². The fraction of sp³-hybridized carbons (Fsp3) is 0.571. The average molecular weight is 235 g/mol. The third kappa shape index (κ3) is 4.46. The standard InChI is InChI=1S/C14H21NO2/c1-11-7-14(11)15-8-13(16)10-17-9-12-5-3-2-4-6-12/h2-6,11,13-16H,7-10H2,1H3. The van der Waals surface area contributed by atoms with Gasteiger partial charge in [-0.15, -0.1) is 0 Å². The maximum absolute atomic E-state index is 9.70. The second-order valence-electron chi connectivity index (χ2n) is 4.88. The summed E-state index contributed by atoms with van der Waals surface area (Å²) in [5.74, 6) is 0.771. The molecule has 94 valence electrons. The number of rotatable bonds is 7. The summed E-state index contributed by atoms with van der Waals surface area (Å²) in [5.41, 5.74) is 1.14. The first-order chi connectivity index (χ1) is 8.25. The third-order valence-corrected chi connectivity index (χ3v) is 3.15. The number of hydrogen-bond acceptors (Lipinski definition) is 3. The molecule has 0 heterocycles. The van der Waals surface area contributed by atoms with E-state index in [9.17, 15) is 5.11 Å². The molecule has 3 atom stereocenters. The summed E-state index contributed by atoms with van der Waals surface area (Å²) in [6.45, 7) is 3.81. The van der Waals surface area contributed by atoms with Crippen LogP contribution in [0.1, 0.15) is 18.9 Å². The van der Waals surface area contributed by atoms with Crippen molar-refractivity contribution in [2.45, 2.75) is 32.1 Å². The molecule has 17 heavy (non-hydrogen) atoms. The number of benzene rings is 1. The molecule has 1 aliphatic rings. The maximum Gasteiger partial charge on any atom is 0.0897 e. The lowest BCUT2D eigenvalue weighted by Gasteiger charge is -2.12. The van der Waals surface area contributed by atoms with Crippen LogP contribution < -0.4 is 5.32 Å². The predicted octanol–water partition coefficient (Wildman–Crippen LogP) is 1.56. The van der Waals surface area contributed by atoms with Gasteiger partial charge in [-0.2, -0.15) is 0 Å². The van der Waals surface area contributed by atoms with Crippen molar-refractivity contribution in [2.75, 3.05) is 13.2 Å². The molecule has 0 amide bonds. The molecule has 1 saturated carbocycles. The van der Waals surface area contributed by atoms with E-state index in [1.807, 2.05) is 30.3 Å². The van der Waals surface area contributed by atoms with E-state index in [1.54, 1.807) is 0 Å². The molecule has 1 fully saturated rings. The van der Waals surface area contributed by atoms with Gasteiger partial charge >= 0.3 is 0 Å². The lowest BCUT2D eigenvalue weighted by atomic mass is 10.2. The summed E-state index contributed by atoms with van der Waals surface area (Å²) in [7, 11) is 0. The summed E-state index contributed by atoms with van der Waals surface area (Å²) >= 11 is 0. The summed E-state index contributed by atoms with van der Waals surface area (Å²) in [4.78, 5) is 0. The molecule has 1 aliphatic carbocycles. The molecule has 2 N–H and O–H groups in total. The van der Waals surface area contributed by atoms with Crippen LogP contribution in [-0.4, -0.2) is 30.4 Å². The van der Waals surface area contributed by atoms with Crippen molar-refractivity contribution in [3.8, 4) is 0 Å². The highest BCUT2D eigenvalue weighted by Gasteiger charge is 2.32. The van der Waals surface area contributed by atoms with Gasteiger partial charge < -0.3 is 15.2 Å². The highest BCUT2D eigenvalue weighted by Crippen LogP contribution is 2.28. The van der Waals surface area contributed by atoms with Crippen molar-refractivity contribution in [1.29, 1.82) is 0 Å². The van der Waals surface area contributed by atoms with Gasteiger partial charge in [0.1, 0.15) is 0 Å². The summed E-state index contributed by atoms with van der Waals surface area (Å²) in [6, 6.07) is 10.6. The number of ether oxygens (including phenoxy) is 1. The van der Waals surface area contributed by atoms with E-state index in [0.717, 1.165) is 11.5 Å². The molecule has 0 spiro atoms. The number of aliphatic hydroxyl groups is 1. The molecular weight excluding hydrogens is 214 g/mol. The van der Waals surface area contributed by atoms with Crippen molar-refractivity contribution in [3.63, 3.8) is 0 Å². The van der Waals surface area contributed by atoms with Crippen LogP contribution in [0, 0.1) is 5.92 Å². The molecule has 0 bridgehead atoms. The van der Waals surface area contributed by atoms with Gasteiger partial charge in [0.2, 0.25) is 0 Å². The van der Waals surface area contributed by atoms with Crippen LogP contribution in [-0.2, 0) is 11.3 Å². The predicted molar refractivity (Wildman–Crippen MR) is 67.7 cm³/mol.